The minimum absolute atomic E-state index is 0.0387. The Morgan fingerprint density at radius 1 is 1.04 bits per heavy atom. The second-order valence-corrected chi connectivity index (χ2v) is 5.24. The zero-order chi connectivity index (χ0) is 18.1. The van der Waals surface area contributed by atoms with Gasteiger partial charge in [-0.25, -0.2) is 4.79 Å². The third-order valence-electron chi connectivity index (χ3n) is 3.39. The number of hydrogen-bond donors (Lipinski definition) is 1. The Labute approximate surface area is 142 Å². The van der Waals surface area contributed by atoms with Crippen LogP contribution in [0.25, 0.3) is 0 Å². The fourth-order valence-electron chi connectivity index (χ4n) is 2.22. The summed E-state index contributed by atoms with van der Waals surface area (Å²) in [7, 11) is 4.37. The average molecular weight is 339 g/mol. The van der Waals surface area contributed by atoms with Crippen LogP contribution in [-0.4, -0.2) is 45.9 Å². The Morgan fingerprint density at radius 3 is 2.17 bits per heavy atom. The lowest BCUT2D eigenvalue weighted by Crippen LogP contribution is -2.35. The number of hydrogen-bond acceptors (Lipinski definition) is 6. The third-order valence-corrected chi connectivity index (χ3v) is 3.39. The molecule has 0 aliphatic rings. The quantitative estimate of drug-likeness (QED) is 0.694. The maximum Gasteiger partial charge on any atom is 0.342 e. The van der Waals surface area contributed by atoms with E-state index in [-0.39, 0.29) is 29.9 Å². The van der Waals surface area contributed by atoms with E-state index in [0.717, 1.165) is 12.8 Å². The molecule has 0 fully saturated rings. The van der Waals surface area contributed by atoms with Crippen LogP contribution in [-0.2, 0) is 9.53 Å². The fraction of sp³-hybridized carbons (Fsp3) is 0.529. The maximum atomic E-state index is 12.2. The molecule has 1 rings (SSSR count). The third kappa shape index (κ3) is 5.33. The van der Waals surface area contributed by atoms with Gasteiger partial charge < -0.3 is 24.3 Å². The Hall–Kier alpha value is -2.44. The molecule has 1 aromatic rings. The van der Waals surface area contributed by atoms with Crippen molar-refractivity contribution in [1.29, 1.82) is 0 Å². The molecule has 0 aliphatic heterocycles. The highest BCUT2D eigenvalue weighted by Gasteiger charge is 2.20. The minimum atomic E-state index is -0.675. The van der Waals surface area contributed by atoms with Crippen LogP contribution in [0.1, 0.15) is 37.0 Å². The average Bonchev–Trinajstić information content (AvgIpc) is 2.58. The number of amides is 1. The van der Waals surface area contributed by atoms with Crippen LogP contribution < -0.4 is 19.5 Å². The highest BCUT2D eigenvalue weighted by atomic mass is 16.5. The highest BCUT2D eigenvalue weighted by molar-refractivity contribution is 5.95. The summed E-state index contributed by atoms with van der Waals surface area (Å²) in [4.78, 5) is 24.0. The van der Waals surface area contributed by atoms with Gasteiger partial charge in [0, 0.05) is 18.2 Å². The summed E-state index contributed by atoms with van der Waals surface area (Å²) in [6.07, 6.45) is 1.83. The lowest BCUT2D eigenvalue weighted by Gasteiger charge is -2.15. The molecule has 0 saturated carbocycles. The predicted octanol–water partition coefficient (Wildman–Crippen LogP) is 2.17. The van der Waals surface area contributed by atoms with Gasteiger partial charge in [0.25, 0.3) is 5.91 Å². The van der Waals surface area contributed by atoms with Crippen molar-refractivity contribution in [2.24, 2.45) is 0 Å². The molecule has 24 heavy (non-hydrogen) atoms. The molecule has 1 atom stereocenters. The van der Waals surface area contributed by atoms with E-state index in [9.17, 15) is 9.59 Å². The van der Waals surface area contributed by atoms with Gasteiger partial charge in [0.05, 0.1) is 21.3 Å². The molecule has 7 heteroatoms. The highest BCUT2D eigenvalue weighted by Crippen LogP contribution is 2.34. The summed E-state index contributed by atoms with van der Waals surface area (Å²) in [5, 5.41) is 2.76. The summed E-state index contributed by atoms with van der Waals surface area (Å²) in [6.45, 7) is 3.58. The van der Waals surface area contributed by atoms with Crippen molar-refractivity contribution in [3.63, 3.8) is 0 Å². The molecule has 0 aromatic heterocycles. The molecule has 1 aromatic carbocycles. The number of carbonyl (C=O) groups is 2. The van der Waals surface area contributed by atoms with Crippen LogP contribution in [0.4, 0.5) is 0 Å². The van der Waals surface area contributed by atoms with E-state index in [1.807, 2.05) is 13.8 Å². The molecule has 0 bridgehead atoms. The van der Waals surface area contributed by atoms with E-state index in [0.29, 0.717) is 11.5 Å². The molecule has 1 N–H and O–H groups in total. The summed E-state index contributed by atoms with van der Waals surface area (Å²) >= 11 is 0. The number of carbonyl (C=O) groups excluding carboxylic acids is 2. The Kier molecular flexibility index (Phi) is 7.88. The van der Waals surface area contributed by atoms with Crippen LogP contribution in [0, 0.1) is 0 Å². The van der Waals surface area contributed by atoms with Crippen molar-refractivity contribution in [3.05, 3.63) is 17.7 Å². The first kappa shape index (κ1) is 19.6. The summed E-state index contributed by atoms with van der Waals surface area (Å²) in [5.41, 5.74) is 0.157. The van der Waals surface area contributed by atoms with Crippen LogP contribution in [0.2, 0.25) is 0 Å². The van der Waals surface area contributed by atoms with Gasteiger partial charge in [-0.3, -0.25) is 4.79 Å². The first-order valence-electron chi connectivity index (χ1n) is 7.73. The molecule has 7 nitrogen and oxygen atoms in total. The number of esters is 1. The Bertz CT molecular complexity index is 572. The second-order valence-electron chi connectivity index (χ2n) is 5.24. The molecular formula is C17H25NO6. The standard InChI is InChI=1S/C17H25NO6/c1-6-7-11(2)18-16(19)10-24-17(20)12-8-14(22-4)15(23-5)9-13(12)21-3/h8-9,11H,6-7,10H2,1-5H3,(H,18,19). The number of nitrogens with one attached hydrogen (secondary N) is 1. The van der Waals surface area contributed by atoms with Crippen molar-refractivity contribution in [2.75, 3.05) is 27.9 Å². The van der Waals surface area contributed by atoms with Crippen molar-refractivity contribution in [1.82, 2.24) is 5.32 Å². The van der Waals surface area contributed by atoms with Crippen molar-refractivity contribution < 1.29 is 28.5 Å². The molecule has 1 amide bonds. The van der Waals surface area contributed by atoms with Crippen molar-refractivity contribution in [3.8, 4) is 17.2 Å². The molecule has 0 radical (unpaired) electrons. The van der Waals surface area contributed by atoms with E-state index in [2.05, 4.69) is 5.32 Å². The number of ether oxygens (including phenoxy) is 4. The SMILES string of the molecule is CCCC(C)NC(=O)COC(=O)c1cc(OC)c(OC)cc1OC. The smallest absolute Gasteiger partial charge is 0.342 e. The summed E-state index contributed by atoms with van der Waals surface area (Å²) in [5.74, 6) is 0.0514. The van der Waals surface area contributed by atoms with Gasteiger partial charge in [-0.05, 0) is 13.3 Å². The number of benzene rings is 1. The second kappa shape index (κ2) is 9.64. The molecule has 0 aliphatic carbocycles. The Balaban J connectivity index is 2.78. The lowest BCUT2D eigenvalue weighted by molar-refractivity contribution is -0.124. The van der Waals surface area contributed by atoms with Gasteiger partial charge in [-0.2, -0.15) is 0 Å². The molecule has 0 heterocycles. The van der Waals surface area contributed by atoms with Crippen LogP contribution in [0.5, 0.6) is 17.2 Å². The zero-order valence-corrected chi connectivity index (χ0v) is 14.8. The topological polar surface area (TPSA) is 83.1 Å². The van der Waals surface area contributed by atoms with E-state index < -0.39 is 5.97 Å². The van der Waals surface area contributed by atoms with E-state index in [1.54, 1.807) is 0 Å². The minimum Gasteiger partial charge on any atom is -0.496 e. The summed E-state index contributed by atoms with van der Waals surface area (Å²) in [6, 6.07) is 3.02. The van der Waals surface area contributed by atoms with Gasteiger partial charge in [0.1, 0.15) is 11.3 Å². The van der Waals surface area contributed by atoms with E-state index in [1.165, 1.54) is 33.5 Å². The molecule has 134 valence electrons. The van der Waals surface area contributed by atoms with Gasteiger partial charge in [0.15, 0.2) is 18.1 Å². The normalized spacial score (nSPS) is 11.4. The summed E-state index contributed by atoms with van der Waals surface area (Å²) < 4.78 is 20.6. The van der Waals surface area contributed by atoms with Gasteiger partial charge >= 0.3 is 5.97 Å². The predicted molar refractivity (Wildman–Crippen MR) is 88.9 cm³/mol. The first-order chi connectivity index (χ1) is 11.5. The van der Waals surface area contributed by atoms with Crippen molar-refractivity contribution in [2.45, 2.75) is 32.7 Å². The monoisotopic (exact) mass is 339 g/mol. The van der Waals surface area contributed by atoms with E-state index in [4.69, 9.17) is 18.9 Å². The van der Waals surface area contributed by atoms with Crippen molar-refractivity contribution >= 4 is 11.9 Å². The first-order valence-corrected chi connectivity index (χ1v) is 7.73. The zero-order valence-electron chi connectivity index (χ0n) is 14.8. The molecule has 0 saturated heterocycles. The van der Waals surface area contributed by atoms with Gasteiger partial charge in [0.2, 0.25) is 0 Å². The molecular weight excluding hydrogens is 314 g/mol. The van der Waals surface area contributed by atoms with E-state index >= 15 is 0 Å². The largest absolute Gasteiger partial charge is 0.496 e. The van der Waals surface area contributed by atoms with Gasteiger partial charge in [-0.15, -0.1) is 0 Å². The van der Waals surface area contributed by atoms with Crippen LogP contribution in [0.15, 0.2) is 12.1 Å². The molecule has 0 spiro atoms. The lowest BCUT2D eigenvalue weighted by atomic mass is 10.1. The number of methoxy groups -OCH3 is 3. The number of rotatable bonds is 9. The maximum absolute atomic E-state index is 12.2. The van der Waals surface area contributed by atoms with Gasteiger partial charge in [-0.1, -0.05) is 13.3 Å². The molecule has 1 unspecified atom stereocenters. The Morgan fingerprint density at radius 2 is 1.62 bits per heavy atom. The fourth-order valence-corrected chi connectivity index (χ4v) is 2.22. The van der Waals surface area contributed by atoms with Crippen LogP contribution in [0.3, 0.4) is 0 Å². The van der Waals surface area contributed by atoms with Crippen LogP contribution >= 0.6 is 0 Å².